The zero-order valence-corrected chi connectivity index (χ0v) is 25.8. The highest BCUT2D eigenvalue weighted by Crippen LogP contribution is 2.49. The summed E-state index contributed by atoms with van der Waals surface area (Å²) in [6.07, 6.45) is -0.757. The Morgan fingerprint density at radius 2 is 1.93 bits per heavy atom. The van der Waals surface area contributed by atoms with E-state index in [2.05, 4.69) is 10.3 Å². The molecule has 2 saturated carbocycles. The average molecular weight is 619 g/mol. The number of carbonyl (C=O) groups excluding carboxylic acids is 1. The van der Waals surface area contributed by atoms with Crippen LogP contribution in [0.4, 0.5) is 19.4 Å². The fraction of sp³-hybridized carbons (Fsp3) is 0.621. The molecule has 3 heterocycles. The van der Waals surface area contributed by atoms with Gasteiger partial charge >= 0.3 is 6.09 Å². The van der Waals surface area contributed by atoms with E-state index in [0.717, 1.165) is 24.3 Å². The van der Waals surface area contributed by atoms with Crippen LogP contribution in [0.1, 0.15) is 78.3 Å². The Labute approximate surface area is 252 Å². The van der Waals surface area contributed by atoms with Crippen molar-refractivity contribution in [2.75, 3.05) is 10.7 Å². The minimum absolute atomic E-state index is 0.221. The molecule has 3 fully saturated rings. The molecule has 1 aromatic carbocycles. The van der Waals surface area contributed by atoms with E-state index in [1.807, 2.05) is 6.92 Å². The number of hydrogen-bond donors (Lipinski definition) is 1. The monoisotopic (exact) mass is 618 g/mol. The van der Waals surface area contributed by atoms with Gasteiger partial charge < -0.3 is 19.3 Å². The third-order valence-corrected chi connectivity index (χ3v) is 8.77. The number of fused-ring (bicyclic) bond motifs is 2. The van der Waals surface area contributed by atoms with Crippen molar-refractivity contribution in [1.82, 2.24) is 25.0 Å². The number of aliphatic hydroxyl groups is 1. The lowest BCUT2D eigenvalue weighted by Gasteiger charge is -2.27. The predicted molar refractivity (Wildman–Crippen MR) is 154 cm³/mol. The predicted octanol–water partition coefficient (Wildman–Crippen LogP) is 5.13. The van der Waals surface area contributed by atoms with Gasteiger partial charge in [0, 0.05) is 24.1 Å². The molecule has 0 spiro atoms. The molecule has 2 aromatic heterocycles. The van der Waals surface area contributed by atoms with E-state index in [4.69, 9.17) is 24.2 Å². The van der Waals surface area contributed by atoms with Gasteiger partial charge in [0.25, 0.3) is 0 Å². The number of thioether (sulfide) groups is 1. The molecule has 3 aromatic rings. The Bertz CT molecular complexity index is 1550. The molecule has 2 aliphatic carbocycles. The average Bonchev–Trinajstić information content (AvgIpc) is 3.32. The third-order valence-electron chi connectivity index (χ3n) is 7.72. The molecule has 14 heteroatoms. The van der Waals surface area contributed by atoms with Crippen LogP contribution in [0.15, 0.2) is 23.4 Å². The number of rotatable bonds is 7. The molecule has 1 N–H and O–H groups in total. The van der Waals surface area contributed by atoms with Crippen molar-refractivity contribution in [2.24, 2.45) is 0 Å². The first-order valence-corrected chi connectivity index (χ1v) is 15.5. The summed E-state index contributed by atoms with van der Waals surface area (Å²) in [6.45, 7) is 10.9. The third kappa shape index (κ3) is 5.81. The van der Waals surface area contributed by atoms with E-state index in [-0.39, 0.29) is 17.3 Å². The van der Waals surface area contributed by atoms with Crippen LogP contribution >= 0.6 is 11.8 Å². The molecule has 3 aliphatic rings. The van der Waals surface area contributed by atoms with Crippen molar-refractivity contribution in [3.8, 4) is 0 Å². The zero-order valence-electron chi connectivity index (χ0n) is 25.0. The Morgan fingerprint density at radius 3 is 2.63 bits per heavy atom. The molecule has 232 valence electrons. The second-order valence-electron chi connectivity index (χ2n) is 12.8. The van der Waals surface area contributed by atoms with Crippen LogP contribution in [0.25, 0.3) is 11.2 Å². The van der Waals surface area contributed by atoms with Crippen LogP contribution in [-0.2, 0) is 14.2 Å². The maximum Gasteiger partial charge on any atom is 0.416 e. The second kappa shape index (κ2) is 10.9. The minimum Gasteiger partial charge on any atom is -0.443 e. The van der Waals surface area contributed by atoms with Crippen LogP contribution in [0.5, 0.6) is 0 Å². The molecule has 1 saturated heterocycles. The normalized spacial score (nSPS) is 27.8. The van der Waals surface area contributed by atoms with Crippen molar-refractivity contribution in [1.29, 1.82) is 0 Å². The van der Waals surface area contributed by atoms with Gasteiger partial charge in [0.1, 0.15) is 17.8 Å². The second-order valence-corrected chi connectivity index (χ2v) is 13.8. The Morgan fingerprint density at radius 1 is 1.19 bits per heavy atom. The number of benzene rings is 1. The number of hydrogen-bond acceptors (Lipinski definition) is 10. The lowest BCUT2D eigenvalue weighted by molar-refractivity contribution is -0.165. The van der Waals surface area contributed by atoms with Gasteiger partial charge in [0.2, 0.25) is 0 Å². The first-order valence-electron chi connectivity index (χ1n) is 14.5. The molecular formula is C29H36F2N6O5S. The summed E-state index contributed by atoms with van der Waals surface area (Å²) in [5.74, 6) is -2.07. The van der Waals surface area contributed by atoms with Crippen molar-refractivity contribution in [3.63, 3.8) is 0 Å². The Balaban J connectivity index is 1.44. The molecule has 0 bridgehead atoms. The van der Waals surface area contributed by atoms with E-state index in [9.17, 15) is 18.7 Å². The summed E-state index contributed by atoms with van der Waals surface area (Å²) in [6, 6.07) is 2.90. The molecule has 0 radical (unpaired) electrons. The number of aromatic nitrogens is 5. The maximum atomic E-state index is 14.1. The molecule has 11 nitrogen and oxygen atoms in total. The van der Waals surface area contributed by atoms with Gasteiger partial charge in [0.15, 0.2) is 39.6 Å². The molecule has 6 rings (SSSR count). The number of nitrogens with zero attached hydrogens (tertiary/aromatic N) is 6. The summed E-state index contributed by atoms with van der Waals surface area (Å²) < 4.78 is 47.4. The highest BCUT2D eigenvalue weighted by atomic mass is 32.2. The molecule has 1 amide bonds. The molecular weight excluding hydrogens is 582 g/mol. The van der Waals surface area contributed by atoms with Crippen LogP contribution < -0.4 is 4.90 Å². The molecule has 0 unspecified atom stereocenters. The van der Waals surface area contributed by atoms with Crippen molar-refractivity contribution < 1.29 is 32.9 Å². The number of halogens is 2. The lowest BCUT2D eigenvalue weighted by atomic mass is 10.1. The minimum atomic E-state index is -0.948. The maximum absolute atomic E-state index is 14.1. The van der Waals surface area contributed by atoms with Crippen molar-refractivity contribution >= 4 is 34.8 Å². The van der Waals surface area contributed by atoms with Gasteiger partial charge in [-0.2, -0.15) is 0 Å². The number of anilines is 1. The largest absolute Gasteiger partial charge is 0.443 e. The smallest absolute Gasteiger partial charge is 0.416 e. The van der Waals surface area contributed by atoms with E-state index in [0.29, 0.717) is 29.2 Å². The quantitative estimate of drug-likeness (QED) is 0.282. The summed E-state index contributed by atoms with van der Waals surface area (Å²) >= 11 is 1.43. The van der Waals surface area contributed by atoms with Crippen molar-refractivity contribution in [2.45, 2.75) is 114 Å². The van der Waals surface area contributed by atoms with E-state index >= 15 is 0 Å². The van der Waals surface area contributed by atoms with Gasteiger partial charge in [-0.1, -0.05) is 30.0 Å². The van der Waals surface area contributed by atoms with E-state index < -0.39 is 59.5 Å². The topological polar surface area (TPSA) is 125 Å². The van der Waals surface area contributed by atoms with E-state index in [1.165, 1.54) is 22.7 Å². The lowest BCUT2D eigenvalue weighted by Crippen LogP contribution is -2.39. The number of amides is 1. The number of ether oxygens (including phenoxy) is 3. The standard InChI is InChI=1S/C29H36F2N6O5S/c1-7-10-43-26-32-24(21-25(33-26)37(35-34-21)19-13-20(38)23-22(19)40-29(5,6)41-23)36(27(39)42-28(2,3)4)18-12-15(18)14-8-9-16(30)17(31)11-14/h8-9,11,15,18-20,22-23,38H,7,10,12-13H2,1-6H3/t15-,18+,19+,20-,22-,23+/m0/s1. The molecule has 6 atom stereocenters. The van der Waals surface area contributed by atoms with Gasteiger partial charge in [-0.25, -0.2) is 28.2 Å². The summed E-state index contributed by atoms with van der Waals surface area (Å²) in [7, 11) is 0. The highest BCUT2D eigenvalue weighted by Gasteiger charge is 2.55. The first-order chi connectivity index (χ1) is 20.3. The SMILES string of the molecule is CCCSc1nc(N(C(=O)OC(C)(C)C)[C@@H]2C[C@H]2c2ccc(F)c(F)c2)c2nnn([C@@H]3C[C@H](O)[C@H]4OC(C)(C)O[C@H]43)c2n1. The van der Waals surface area contributed by atoms with Crippen LogP contribution in [0, 0.1) is 11.6 Å². The Kier molecular flexibility index (Phi) is 7.63. The van der Waals surface area contributed by atoms with Gasteiger partial charge in [-0.3, -0.25) is 4.90 Å². The summed E-state index contributed by atoms with van der Waals surface area (Å²) in [5, 5.41) is 20.1. The first kappa shape index (κ1) is 30.1. The van der Waals surface area contributed by atoms with Gasteiger partial charge in [-0.15, -0.1) is 5.10 Å². The van der Waals surface area contributed by atoms with Gasteiger partial charge in [0.05, 0.1) is 12.1 Å². The van der Waals surface area contributed by atoms with E-state index in [1.54, 1.807) is 39.3 Å². The fourth-order valence-corrected chi connectivity index (χ4v) is 6.56. The fourth-order valence-electron chi connectivity index (χ4n) is 5.87. The zero-order chi connectivity index (χ0) is 30.8. The number of aliphatic hydroxyl groups excluding tert-OH is 1. The van der Waals surface area contributed by atoms with Crippen molar-refractivity contribution in [3.05, 3.63) is 35.4 Å². The summed E-state index contributed by atoms with van der Waals surface area (Å²) in [4.78, 5) is 24.8. The highest BCUT2D eigenvalue weighted by molar-refractivity contribution is 7.99. The van der Waals surface area contributed by atoms with Crippen LogP contribution in [-0.4, -0.2) is 77.7 Å². The Hall–Kier alpha value is -2.94. The van der Waals surface area contributed by atoms with Crippen LogP contribution in [0.3, 0.4) is 0 Å². The summed E-state index contributed by atoms with van der Waals surface area (Å²) in [5.41, 5.74) is 0.415. The molecule has 1 aliphatic heterocycles. The molecule has 43 heavy (non-hydrogen) atoms. The van der Waals surface area contributed by atoms with Gasteiger partial charge in [-0.05, 0) is 65.2 Å². The van der Waals surface area contributed by atoms with Crippen LogP contribution in [0.2, 0.25) is 0 Å². The number of carbonyl (C=O) groups is 1.